The number of pyridine rings is 2. The zero-order chi connectivity index (χ0) is 31.5. The molecule has 2 aliphatic rings. The van der Waals surface area contributed by atoms with E-state index >= 15 is 0 Å². The molecule has 0 saturated heterocycles. The predicted octanol–water partition coefficient (Wildman–Crippen LogP) is 8.49. The van der Waals surface area contributed by atoms with Gasteiger partial charge >= 0.3 is 0 Å². The van der Waals surface area contributed by atoms with Gasteiger partial charge in [0.05, 0.1) is 0 Å². The maximum Gasteiger partial charge on any atom is 0.260 e. The minimum atomic E-state index is -0.0242. The molecule has 0 aliphatic carbocycles. The Morgan fingerprint density at radius 3 is 1.23 bits per heavy atom. The highest BCUT2D eigenvalue weighted by atomic mass is 16.5. The first kappa shape index (κ1) is 27.4. The largest absolute Gasteiger partial charge is 0.458 e. The Hall–Kier alpha value is -5.94. The quantitative estimate of drug-likeness (QED) is 0.189. The van der Waals surface area contributed by atoms with Crippen LogP contribution in [0.5, 0.6) is 23.0 Å². The van der Waals surface area contributed by atoms with Crippen molar-refractivity contribution in [3.05, 3.63) is 151 Å². The van der Waals surface area contributed by atoms with Gasteiger partial charge in [0.15, 0.2) is 0 Å². The summed E-state index contributed by atoms with van der Waals surface area (Å²) in [6, 6.07) is 41.0. The molecular weight excluding hydrogens is 575 g/mol. The van der Waals surface area contributed by atoms with Crippen molar-refractivity contribution in [2.75, 3.05) is 0 Å². The van der Waals surface area contributed by atoms with E-state index in [4.69, 9.17) is 9.47 Å². The molecule has 0 unspecified atom stereocenters. The minimum Gasteiger partial charge on any atom is -0.458 e. The van der Waals surface area contributed by atoms with Crippen LogP contribution in [0.3, 0.4) is 0 Å². The fourth-order valence-corrected chi connectivity index (χ4v) is 6.93. The lowest BCUT2D eigenvalue weighted by Gasteiger charge is -2.33. The number of aromatic nitrogens is 2. The van der Waals surface area contributed by atoms with E-state index in [1.807, 2.05) is 43.0 Å². The molecule has 9 rings (SSSR count). The van der Waals surface area contributed by atoms with Gasteiger partial charge in [0.25, 0.3) is 6.71 Å². The second-order valence-corrected chi connectivity index (χ2v) is 12.5. The van der Waals surface area contributed by atoms with E-state index < -0.39 is 0 Å². The van der Waals surface area contributed by atoms with Crippen LogP contribution in [0, 0.1) is 13.8 Å². The highest BCUT2D eigenvalue weighted by molar-refractivity contribution is 6.98. The topological polar surface area (TPSA) is 44.2 Å². The van der Waals surface area contributed by atoms with Gasteiger partial charge in [0.1, 0.15) is 23.0 Å². The van der Waals surface area contributed by atoms with Crippen LogP contribution in [0.2, 0.25) is 0 Å². The molecule has 0 amide bonds. The average molecular weight is 605 g/mol. The molecule has 0 N–H and O–H groups in total. The lowest BCUT2D eigenvalue weighted by Crippen LogP contribution is -2.57. The van der Waals surface area contributed by atoms with Crippen LogP contribution in [-0.4, -0.2) is 16.7 Å². The molecule has 0 atom stereocenters. The van der Waals surface area contributed by atoms with Gasteiger partial charge in [-0.3, -0.25) is 9.97 Å². The van der Waals surface area contributed by atoms with Gasteiger partial charge in [-0.15, -0.1) is 0 Å². The standard InChI is InChI=1S/C42H29BN2O2/c1-26-18-34(24-44-22-26)30-10-6-28(7-11-30)32-14-16-38-36(20-32)43-37-21-33(15-17-39(37)47-41-5-3-4-40(46-38)42(41)43)29-8-12-31(13-9-29)35-19-27(2)23-45-25-35/h3-25H,1-2H3. The van der Waals surface area contributed by atoms with Crippen LogP contribution >= 0.6 is 0 Å². The van der Waals surface area contributed by atoms with Crippen molar-refractivity contribution in [2.45, 2.75) is 13.8 Å². The van der Waals surface area contributed by atoms with E-state index in [-0.39, 0.29) is 6.71 Å². The summed E-state index contributed by atoms with van der Waals surface area (Å²) in [5.41, 5.74) is 14.8. The van der Waals surface area contributed by atoms with Crippen LogP contribution in [0.25, 0.3) is 44.5 Å². The number of hydrogen-bond acceptors (Lipinski definition) is 4. The number of nitrogens with zero attached hydrogens (tertiary/aromatic N) is 2. The molecule has 0 saturated carbocycles. The number of hydrogen-bond donors (Lipinski definition) is 0. The number of ether oxygens (including phenoxy) is 2. The molecule has 7 aromatic rings. The molecule has 5 heteroatoms. The second-order valence-electron chi connectivity index (χ2n) is 12.5. The normalized spacial score (nSPS) is 12.3. The molecule has 47 heavy (non-hydrogen) atoms. The van der Waals surface area contributed by atoms with E-state index in [1.165, 1.54) is 0 Å². The molecular formula is C42H29BN2O2. The fraction of sp³-hybridized carbons (Fsp3) is 0.0476. The van der Waals surface area contributed by atoms with Crippen molar-refractivity contribution >= 4 is 23.1 Å². The summed E-state index contributed by atoms with van der Waals surface area (Å²) >= 11 is 0. The van der Waals surface area contributed by atoms with Crippen molar-refractivity contribution in [2.24, 2.45) is 0 Å². The van der Waals surface area contributed by atoms with Crippen molar-refractivity contribution in [1.82, 2.24) is 9.97 Å². The Kier molecular flexibility index (Phi) is 6.32. The first-order chi connectivity index (χ1) is 23.1. The van der Waals surface area contributed by atoms with Gasteiger partial charge in [-0.2, -0.15) is 0 Å². The van der Waals surface area contributed by atoms with Crippen molar-refractivity contribution in [1.29, 1.82) is 0 Å². The van der Waals surface area contributed by atoms with E-state index in [0.717, 1.165) is 95.0 Å². The van der Waals surface area contributed by atoms with Gasteiger partial charge in [-0.25, -0.2) is 0 Å². The van der Waals surface area contributed by atoms with E-state index in [1.54, 1.807) is 0 Å². The summed E-state index contributed by atoms with van der Waals surface area (Å²) in [6.45, 7) is 4.12. The first-order valence-corrected chi connectivity index (χ1v) is 15.9. The zero-order valence-corrected chi connectivity index (χ0v) is 26.1. The monoisotopic (exact) mass is 604 g/mol. The molecule has 5 aromatic carbocycles. The van der Waals surface area contributed by atoms with E-state index in [2.05, 4.69) is 121 Å². The molecule has 2 aromatic heterocycles. The highest BCUT2D eigenvalue weighted by Crippen LogP contribution is 2.37. The molecule has 0 fully saturated rings. The number of rotatable bonds is 4. The second kappa shape index (κ2) is 10.9. The van der Waals surface area contributed by atoms with E-state index in [9.17, 15) is 0 Å². The van der Waals surface area contributed by atoms with Crippen LogP contribution in [0.15, 0.2) is 140 Å². The lowest BCUT2D eigenvalue weighted by molar-refractivity contribution is 0.464. The third-order valence-corrected chi connectivity index (χ3v) is 9.25. The van der Waals surface area contributed by atoms with E-state index in [0.29, 0.717) is 0 Å². The molecule has 0 spiro atoms. The van der Waals surface area contributed by atoms with Gasteiger partial charge in [0.2, 0.25) is 0 Å². The van der Waals surface area contributed by atoms with Crippen LogP contribution in [-0.2, 0) is 0 Å². The number of aryl methyl sites for hydroxylation is 2. The SMILES string of the molecule is Cc1cncc(-c2ccc(-c3ccc4c(c3)B3c5cc(-c6ccc(-c7cncc(C)c7)cc6)ccc5Oc5cccc(c53)O4)cc2)c1. The van der Waals surface area contributed by atoms with Gasteiger partial charge < -0.3 is 9.47 Å². The summed E-state index contributed by atoms with van der Waals surface area (Å²) in [5.74, 6) is 3.44. The van der Waals surface area contributed by atoms with Crippen molar-refractivity contribution in [3.63, 3.8) is 0 Å². The van der Waals surface area contributed by atoms with Crippen molar-refractivity contribution in [3.8, 4) is 67.5 Å². The highest BCUT2D eigenvalue weighted by Gasteiger charge is 2.40. The molecule has 0 bridgehead atoms. The summed E-state index contributed by atoms with van der Waals surface area (Å²) in [5, 5.41) is 0. The van der Waals surface area contributed by atoms with Crippen LogP contribution < -0.4 is 25.9 Å². The Bertz CT molecular complexity index is 2170. The van der Waals surface area contributed by atoms with Crippen LogP contribution in [0.1, 0.15) is 11.1 Å². The summed E-state index contributed by atoms with van der Waals surface area (Å²) in [7, 11) is 0. The molecule has 4 nitrogen and oxygen atoms in total. The third-order valence-electron chi connectivity index (χ3n) is 9.25. The predicted molar refractivity (Wildman–Crippen MR) is 191 cm³/mol. The molecule has 0 radical (unpaired) electrons. The Balaban J connectivity index is 1.11. The van der Waals surface area contributed by atoms with Gasteiger partial charge in [-0.05, 0) is 106 Å². The smallest absolute Gasteiger partial charge is 0.260 e. The average Bonchev–Trinajstić information content (AvgIpc) is 3.11. The fourth-order valence-electron chi connectivity index (χ4n) is 6.93. The van der Waals surface area contributed by atoms with Gasteiger partial charge in [-0.1, -0.05) is 78.9 Å². The zero-order valence-electron chi connectivity index (χ0n) is 26.1. The third kappa shape index (κ3) is 4.79. The summed E-state index contributed by atoms with van der Waals surface area (Å²) < 4.78 is 13.0. The Morgan fingerprint density at radius 2 is 0.809 bits per heavy atom. The number of benzene rings is 5. The summed E-state index contributed by atoms with van der Waals surface area (Å²) in [6.07, 6.45) is 7.60. The maximum atomic E-state index is 6.50. The maximum absolute atomic E-state index is 6.50. The van der Waals surface area contributed by atoms with Gasteiger partial charge in [0, 0.05) is 41.4 Å². The molecule has 2 aliphatic heterocycles. The first-order valence-electron chi connectivity index (χ1n) is 15.9. The Morgan fingerprint density at radius 1 is 0.404 bits per heavy atom. The molecule has 222 valence electrons. The summed E-state index contributed by atoms with van der Waals surface area (Å²) in [4.78, 5) is 8.75. The van der Waals surface area contributed by atoms with Crippen LogP contribution in [0.4, 0.5) is 0 Å². The van der Waals surface area contributed by atoms with Crippen molar-refractivity contribution < 1.29 is 9.47 Å². The Labute approximate surface area is 274 Å². The minimum absolute atomic E-state index is 0.0242. The lowest BCUT2D eigenvalue weighted by atomic mass is 9.34. The number of fused-ring (bicyclic) bond motifs is 4. The molecule has 4 heterocycles.